The van der Waals surface area contributed by atoms with Crippen molar-refractivity contribution in [1.82, 2.24) is 0 Å². The summed E-state index contributed by atoms with van der Waals surface area (Å²) in [6.07, 6.45) is -1.78. The van der Waals surface area contributed by atoms with E-state index in [-0.39, 0.29) is 19.1 Å². The zero-order valence-corrected chi connectivity index (χ0v) is 8.72. The van der Waals surface area contributed by atoms with Crippen LogP contribution in [0.4, 0.5) is 13.2 Å². The van der Waals surface area contributed by atoms with Gasteiger partial charge in [-0.15, -0.1) is 0 Å². The van der Waals surface area contributed by atoms with Gasteiger partial charge in [0, 0.05) is 0 Å². The summed E-state index contributed by atoms with van der Waals surface area (Å²) in [4.78, 5) is 0. The number of hydrogen-bond acceptors (Lipinski definition) is 2. The molecule has 1 rings (SSSR count). The predicted molar refractivity (Wildman–Crippen MR) is 51.5 cm³/mol. The van der Waals surface area contributed by atoms with Gasteiger partial charge in [0.1, 0.15) is 0 Å². The Kier molecular flexibility index (Phi) is 4.86. The molecule has 0 amide bonds. The maximum absolute atomic E-state index is 12.5. The van der Waals surface area contributed by atoms with Crippen LogP contribution in [-0.4, -0.2) is 24.9 Å². The molecule has 0 aliphatic heterocycles. The molecule has 1 aliphatic carbocycles. The lowest BCUT2D eigenvalue weighted by molar-refractivity contribution is -0.236. The first-order valence-corrected chi connectivity index (χ1v) is 5.46. The average molecular weight is 225 g/mol. The fourth-order valence-electron chi connectivity index (χ4n) is 1.89. The Hall–Kier alpha value is -0.290. The van der Waals surface area contributed by atoms with Crippen molar-refractivity contribution in [2.45, 2.75) is 56.9 Å². The molecule has 1 unspecified atom stereocenters. The minimum Gasteiger partial charge on any atom is -0.366 e. The molecule has 0 aromatic heterocycles. The summed E-state index contributed by atoms with van der Waals surface area (Å²) in [5, 5.41) is 0. The zero-order valence-electron chi connectivity index (χ0n) is 8.72. The Morgan fingerprint density at radius 3 is 2.27 bits per heavy atom. The van der Waals surface area contributed by atoms with Crippen LogP contribution >= 0.6 is 0 Å². The molecule has 1 atom stereocenters. The van der Waals surface area contributed by atoms with Gasteiger partial charge in [0.2, 0.25) is 0 Å². The number of ether oxygens (including phenoxy) is 1. The molecule has 0 bridgehead atoms. The molecule has 1 aliphatic rings. The van der Waals surface area contributed by atoms with Crippen molar-refractivity contribution in [3.05, 3.63) is 0 Å². The van der Waals surface area contributed by atoms with Gasteiger partial charge in [0.25, 0.3) is 0 Å². The Morgan fingerprint density at radius 2 is 1.80 bits per heavy atom. The van der Waals surface area contributed by atoms with Crippen LogP contribution in [-0.2, 0) is 4.74 Å². The highest BCUT2D eigenvalue weighted by molar-refractivity contribution is 4.73. The van der Waals surface area contributed by atoms with Crippen LogP contribution < -0.4 is 5.73 Å². The minimum atomic E-state index is -4.28. The molecule has 0 heterocycles. The van der Waals surface area contributed by atoms with Gasteiger partial charge in [-0.25, -0.2) is 0 Å². The Labute approximate surface area is 88.0 Å². The molecule has 0 aromatic carbocycles. The molecule has 90 valence electrons. The third kappa shape index (κ3) is 4.38. The number of halogens is 3. The highest BCUT2D eigenvalue weighted by atomic mass is 19.4. The average Bonchev–Trinajstić information content (AvgIpc) is 2.17. The standard InChI is InChI=1S/C10H18F3NO/c11-10(12,13)9(6-7-14)15-8-4-2-1-3-5-8/h8-9H,1-7,14H2. The lowest BCUT2D eigenvalue weighted by Crippen LogP contribution is -2.37. The topological polar surface area (TPSA) is 35.2 Å². The van der Waals surface area contributed by atoms with E-state index in [0.29, 0.717) is 0 Å². The van der Waals surface area contributed by atoms with Crippen LogP contribution in [0.2, 0.25) is 0 Å². The molecule has 5 heteroatoms. The maximum Gasteiger partial charge on any atom is 0.414 e. The van der Waals surface area contributed by atoms with Crippen LogP contribution in [0.3, 0.4) is 0 Å². The number of hydrogen-bond donors (Lipinski definition) is 1. The number of rotatable bonds is 4. The van der Waals surface area contributed by atoms with Crippen molar-refractivity contribution in [2.24, 2.45) is 5.73 Å². The fourth-order valence-corrected chi connectivity index (χ4v) is 1.89. The van der Waals surface area contributed by atoms with Gasteiger partial charge in [0.15, 0.2) is 6.10 Å². The largest absolute Gasteiger partial charge is 0.414 e. The van der Waals surface area contributed by atoms with Gasteiger partial charge in [-0.05, 0) is 25.8 Å². The molecule has 0 saturated heterocycles. The highest BCUT2D eigenvalue weighted by Gasteiger charge is 2.41. The van der Waals surface area contributed by atoms with Crippen LogP contribution in [0.25, 0.3) is 0 Å². The summed E-state index contributed by atoms with van der Waals surface area (Å²) in [6, 6.07) is 0. The van der Waals surface area contributed by atoms with Crippen molar-refractivity contribution >= 4 is 0 Å². The third-order valence-corrected chi connectivity index (χ3v) is 2.70. The van der Waals surface area contributed by atoms with E-state index >= 15 is 0 Å². The first-order valence-electron chi connectivity index (χ1n) is 5.46. The molecule has 2 N–H and O–H groups in total. The molecule has 2 nitrogen and oxygen atoms in total. The van der Waals surface area contributed by atoms with Gasteiger partial charge < -0.3 is 10.5 Å². The second-order valence-electron chi connectivity index (χ2n) is 4.00. The second-order valence-corrected chi connectivity index (χ2v) is 4.00. The van der Waals surface area contributed by atoms with Crippen molar-refractivity contribution in [2.75, 3.05) is 6.54 Å². The first-order chi connectivity index (χ1) is 7.04. The Balaban J connectivity index is 2.42. The zero-order chi connectivity index (χ0) is 11.3. The van der Waals surface area contributed by atoms with Gasteiger partial charge >= 0.3 is 6.18 Å². The van der Waals surface area contributed by atoms with Crippen molar-refractivity contribution in [3.63, 3.8) is 0 Å². The van der Waals surface area contributed by atoms with E-state index in [9.17, 15) is 13.2 Å². The molecular weight excluding hydrogens is 207 g/mol. The van der Waals surface area contributed by atoms with Crippen LogP contribution in [0.1, 0.15) is 38.5 Å². The van der Waals surface area contributed by atoms with Crippen LogP contribution in [0.5, 0.6) is 0 Å². The van der Waals surface area contributed by atoms with E-state index in [1.54, 1.807) is 0 Å². The smallest absolute Gasteiger partial charge is 0.366 e. The summed E-state index contributed by atoms with van der Waals surface area (Å²) in [6.45, 7) is 0.0108. The molecule has 15 heavy (non-hydrogen) atoms. The lowest BCUT2D eigenvalue weighted by atomic mass is 9.97. The van der Waals surface area contributed by atoms with E-state index in [0.717, 1.165) is 32.1 Å². The van der Waals surface area contributed by atoms with E-state index in [2.05, 4.69) is 0 Å². The normalized spacial score (nSPS) is 21.6. The summed E-state index contributed by atoms with van der Waals surface area (Å²) < 4.78 is 42.5. The predicted octanol–water partition coefficient (Wildman–Crippen LogP) is 2.62. The molecule has 0 radical (unpaired) electrons. The van der Waals surface area contributed by atoms with Crippen molar-refractivity contribution < 1.29 is 17.9 Å². The molecular formula is C10H18F3NO. The minimum absolute atomic E-state index is 0.0108. The van der Waals surface area contributed by atoms with Crippen LogP contribution in [0, 0.1) is 0 Å². The van der Waals surface area contributed by atoms with E-state index < -0.39 is 12.3 Å². The molecule has 0 aromatic rings. The summed E-state index contributed by atoms with van der Waals surface area (Å²) >= 11 is 0. The van der Waals surface area contributed by atoms with Gasteiger partial charge in [-0.2, -0.15) is 13.2 Å². The SMILES string of the molecule is NCCC(OC1CCCCC1)C(F)(F)F. The number of alkyl halides is 3. The molecule has 1 saturated carbocycles. The summed E-state index contributed by atoms with van der Waals surface area (Å²) in [5.74, 6) is 0. The van der Waals surface area contributed by atoms with E-state index in [4.69, 9.17) is 10.5 Å². The monoisotopic (exact) mass is 225 g/mol. The van der Waals surface area contributed by atoms with Gasteiger partial charge in [-0.3, -0.25) is 0 Å². The van der Waals surface area contributed by atoms with Crippen molar-refractivity contribution in [3.8, 4) is 0 Å². The Bertz CT molecular complexity index is 178. The van der Waals surface area contributed by atoms with Crippen LogP contribution in [0.15, 0.2) is 0 Å². The second kappa shape index (κ2) is 5.70. The Morgan fingerprint density at radius 1 is 1.20 bits per heavy atom. The lowest BCUT2D eigenvalue weighted by Gasteiger charge is -2.28. The number of nitrogens with two attached hydrogens (primary N) is 1. The van der Waals surface area contributed by atoms with Gasteiger partial charge in [0.05, 0.1) is 6.10 Å². The third-order valence-electron chi connectivity index (χ3n) is 2.70. The maximum atomic E-state index is 12.5. The molecule has 0 spiro atoms. The fraction of sp³-hybridized carbons (Fsp3) is 1.00. The van der Waals surface area contributed by atoms with E-state index in [1.807, 2.05) is 0 Å². The van der Waals surface area contributed by atoms with Gasteiger partial charge in [-0.1, -0.05) is 19.3 Å². The van der Waals surface area contributed by atoms with E-state index in [1.165, 1.54) is 0 Å². The van der Waals surface area contributed by atoms with Crippen molar-refractivity contribution in [1.29, 1.82) is 0 Å². The first kappa shape index (κ1) is 12.8. The summed E-state index contributed by atoms with van der Waals surface area (Å²) in [5.41, 5.74) is 5.15. The molecule has 1 fully saturated rings. The summed E-state index contributed by atoms with van der Waals surface area (Å²) in [7, 11) is 0. The highest BCUT2D eigenvalue weighted by Crippen LogP contribution is 2.29. The quantitative estimate of drug-likeness (QED) is 0.798.